The standard InChI is InChI=1S/C15H10N2O4/c18-17(19)12-7-11(15-4-2-6-20-15)8-14(9-12)21-13-3-1-5-16-10-13/h1-10H. The fourth-order valence-electron chi connectivity index (χ4n) is 1.88. The number of ether oxygens (including phenoxy) is 1. The molecule has 0 spiro atoms. The maximum atomic E-state index is 11.0. The summed E-state index contributed by atoms with van der Waals surface area (Å²) in [5.41, 5.74) is 0.510. The third-order valence-electron chi connectivity index (χ3n) is 2.78. The first-order valence-corrected chi connectivity index (χ1v) is 6.13. The van der Waals surface area contributed by atoms with E-state index in [4.69, 9.17) is 9.15 Å². The first-order chi connectivity index (χ1) is 10.2. The number of nitrogens with zero attached hydrogens (tertiary/aromatic N) is 2. The average molecular weight is 282 g/mol. The van der Waals surface area contributed by atoms with Gasteiger partial charge in [-0.1, -0.05) is 0 Å². The zero-order chi connectivity index (χ0) is 14.7. The van der Waals surface area contributed by atoms with Crippen LogP contribution in [0.5, 0.6) is 11.5 Å². The Morgan fingerprint density at radius 1 is 1.14 bits per heavy atom. The summed E-state index contributed by atoms with van der Waals surface area (Å²) in [7, 11) is 0. The highest BCUT2D eigenvalue weighted by Crippen LogP contribution is 2.32. The van der Waals surface area contributed by atoms with Gasteiger partial charge < -0.3 is 9.15 Å². The molecule has 3 rings (SSSR count). The molecule has 0 fully saturated rings. The second-order valence-corrected chi connectivity index (χ2v) is 4.24. The number of furan rings is 1. The number of benzene rings is 1. The molecule has 0 aliphatic carbocycles. The Labute approximate surface area is 119 Å². The van der Waals surface area contributed by atoms with Crippen LogP contribution in [0.4, 0.5) is 5.69 Å². The monoisotopic (exact) mass is 282 g/mol. The van der Waals surface area contributed by atoms with Gasteiger partial charge >= 0.3 is 0 Å². The second kappa shape index (κ2) is 5.46. The minimum absolute atomic E-state index is 0.0669. The van der Waals surface area contributed by atoms with E-state index in [9.17, 15) is 10.1 Å². The molecule has 0 atom stereocenters. The Kier molecular flexibility index (Phi) is 3.34. The molecule has 0 aliphatic rings. The molecule has 2 aromatic heterocycles. The van der Waals surface area contributed by atoms with Crippen molar-refractivity contribution in [3.05, 3.63) is 71.2 Å². The smallest absolute Gasteiger partial charge is 0.273 e. The number of aromatic nitrogens is 1. The minimum atomic E-state index is -0.470. The largest absolute Gasteiger partial charge is 0.464 e. The molecule has 0 aliphatic heterocycles. The highest BCUT2D eigenvalue weighted by atomic mass is 16.6. The molecular weight excluding hydrogens is 272 g/mol. The Morgan fingerprint density at radius 2 is 2.05 bits per heavy atom. The molecule has 3 aromatic rings. The Bertz CT molecular complexity index is 755. The van der Waals surface area contributed by atoms with Gasteiger partial charge in [-0.25, -0.2) is 0 Å². The molecule has 6 nitrogen and oxygen atoms in total. The van der Waals surface area contributed by atoms with Crippen molar-refractivity contribution in [3.63, 3.8) is 0 Å². The Balaban J connectivity index is 2.02. The van der Waals surface area contributed by atoms with E-state index in [2.05, 4.69) is 4.98 Å². The number of pyridine rings is 1. The van der Waals surface area contributed by atoms with E-state index in [1.165, 1.54) is 24.6 Å². The van der Waals surface area contributed by atoms with Crippen molar-refractivity contribution in [2.24, 2.45) is 0 Å². The van der Waals surface area contributed by atoms with Gasteiger partial charge in [0, 0.05) is 17.8 Å². The fourth-order valence-corrected chi connectivity index (χ4v) is 1.88. The summed E-state index contributed by atoms with van der Waals surface area (Å²) >= 11 is 0. The molecule has 0 unspecified atom stereocenters. The summed E-state index contributed by atoms with van der Waals surface area (Å²) in [5.74, 6) is 1.39. The minimum Gasteiger partial charge on any atom is -0.464 e. The van der Waals surface area contributed by atoms with E-state index in [0.717, 1.165) is 0 Å². The molecule has 0 bridgehead atoms. The van der Waals surface area contributed by atoms with E-state index in [-0.39, 0.29) is 5.69 Å². The van der Waals surface area contributed by atoms with Crippen LogP contribution in [-0.2, 0) is 0 Å². The highest BCUT2D eigenvalue weighted by Gasteiger charge is 2.13. The van der Waals surface area contributed by atoms with Gasteiger partial charge in [-0.05, 0) is 30.3 Å². The van der Waals surface area contributed by atoms with Crippen molar-refractivity contribution in [2.75, 3.05) is 0 Å². The van der Waals surface area contributed by atoms with Gasteiger partial charge in [0.15, 0.2) is 0 Å². The first-order valence-electron chi connectivity index (χ1n) is 6.13. The lowest BCUT2D eigenvalue weighted by atomic mass is 10.1. The van der Waals surface area contributed by atoms with E-state index < -0.39 is 4.92 Å². The van der Waals surface area contributed by atoms with Crippen molar-refractivity contribution in [3.8, 4) is 22.8 Å². The van der Waals surface area contributed by atoms with Crippen LogP contribution in [0, 0.1) is 10.1 Å². The van der Waals surface area contributed by atoms with Crippen LogP contribution >= 0.6 is 0 Å². The Morgan fingerprint density at radius 3 is 2.71 bits per heavy atom. The summed E-state index contributed by atoms with van der Waals surface area (Å²) in [4.78, 5) is 14.5. The molecule has 2 heterocycles. The lowest BCUT2D eigenvalue weighted by molar-refractivity contribution is -0.384. The van der Waals surface area contributed by atoms with Crippen molar-refractivity contribution in [2.45, 2.75) is 0 Å². The predicted octanol–water partition coefficient (Wildman–Crippen LogP) is 4.04. The van der Waals surface area contributed by atoms with Crippen LogP contribution in [0.1, 0.15) is 0 Å². The average Bonchev–Trinajstić information content (AvgIpc) is 3.02. The van der Waals surface area contributed by atoms with E-state index >= 15 is 0 Å². The SMILES string of the molecule is O=[N+]([O-])c1cc(Oc2cccnc2)cc(-c2ccco2)c1. The second-order valence-electron chi connectivity index (χ2n) is 4.24. The quantitative estimate of drug-likeness (QED) is 0.533. The molecular formula is C15H10N2O4. The topological polar surface area (TPSA) is 78.4 Å². The summed E-state index contributed by atoms with van der Waals surface area (Å²) in [6.45, 7) is 0. The van der Waals surface area contributed by atoms with Crippen molar-refractivity contribution in [1.82, 2.24) is 4.98 Å². The maximum Gasteiger partial charge on any atom is 0.273 e. The number of nitro groups is 1. The molecule has 0 saturated carbocycles. The fraction of sp³-hybridized carbons (Fsp3) is 0. The molecule has 104 valence electrons. The summed E-state index contributed by atoms with van der Waals surface area (Å²) in [6, 6.07) is 11.4. The summed E-state index contributed by atoms with van der Waals surface area (Å²) < 4.78 is 10.9. The van der Waals surface area contributed by atoms with E-state index in [0.29, 0.717) is 22.8 Å². The van der Waals surface area contributed by atoms with Gasteiger partial charge in [0.2, 0.25) is 0 Å². The third-order valence-corrected chi connectivity index (χ3v) is 2.78. The zero-order valence-electron chi connectivity index (χ0n) is 10.8. The lowest BCUT2D eigenvalue weighted by Crippen LogP contribution is -1.91. The van der Waals surface area contributed by atoms with Gasteiger partial charge in [-0.3, -0.25) is 15.1 Å². The highest BCUT2D eigenvalue weighted by molar-refractivity contribution is 5.64. The van der Waals surface area contributed by atoms with Crippen molar-refractivity contribution < 1.29 is 14.1 Å². The van der Waals surface area contributed by atoms with Gasteiger partial charge in [0.1, 0.15) is 17.3 Å². The van der Waals surface area contributed by atoms with Crippen LogP contribution in [-0.4, -0.2) is 9.91 Å². The van der Waals surface area contributed by atoms with Gasteiger partial charge in [0.05, 0.1) is 23.4 Å². The first kappa shape index (κ1) is 12.9. The van der Waals surface area contributed by atoms with Crippen LogP contribution in [0.3, 0.4) is 0 Å². The van der Waals surface area contributed by atoms with Gasteiger partial charge in [-0.15, -0.1) is 0 Å². The molecule has 0 radical (unpaired) electrons. The van der Waals surface area contributed by atoms with Crippen molar-refractivity contribution >= 4 is 5.69 Å². The normalized spacial score (nSPS) is 10.3. The molecule has 21 heavy (non-hydrogen) atoms. The molecule has 1 aromatic carbocycles. The van der Waals surface area contributed by atoms with E-state index in [1.807, 2.05) is 0 Å². The summed E-state index contributed by atoms with van der Waals surface area (Å²) in [5, 5.41) is 11.0. The maximum absolute atomic E-state index is 11.0. The number of rotatable bonds is 4. The van der Waals surface area contributed by atoms with Gasteiger partial charge in [-0.2, -0.15) is 0 Å². The number of hydrogen-bond donors (Lipinski definition) is 0. The Hall–Kier alpha value is -3.15. The van der Waals surface area contributed by atoms with Crippen LogP contribution in [0.2, 0.25) is 0 Å². The van der Waals surface area contributed by atoms with Gasteiger partial charge in [0.25, 0.3) is 5.69 Å². The van der Waals surface area contributed by atoms with Crippen LogP contribution in [0.25, 0.3) is 11.3 Å². The lowest BCUT2D eigenvalue weighted by Gasteiger charge is -2.06. The predicted molar refractivity (Wildman–Crippen MR) is 75.1 cm³/mol. The zero-order valence-corrected chi connectivity index (χ0v) is 10.8. The molecule has 6 heteroatoms. The molecule has 0 N–H and O–H groups in total. The number of non-ortho nitro benzene ring substituents is 1. The number of hydrogen-bond acceptors (Lipinski definition) is 5. The van der Waals surface area contributed by atoms with E-state index in [1.54, 1.807) is 36.5 Å². The molecule has 0 saturated heterocycles. The molecule has 0 amide bonds. The number of nitro benzene ring substituents is 1. The van der Waals surface area contributed by atoms with Crippen LogP contribution in [0.15, 0.2) is 65.5 Å². The van der Waals surface area contributed by atoms with Crippen LogP contribution < -0.4 is 4.74 Å². The third kappa shape index (κ3) is 2.89. The summed E-state index contributed by atoms with van der Waals surface area (Å²) in [6.07, 6.45) is 4.66. The van der Waals surface area contributed by atoms with Crippen molar-refractivity contribution in [1.29, 1.82) is 0 Å².